The van der Waals surface area contributed by atoms with Crippen LogP contribution in [0, 0.1) is 0 Å². The van der Waals surface area contributed by atoms with Crippen LogP contribution in [0.25, 0.3) is 0 Å². The van der Waals surface area contributed by atoms with Gasteiger partial charge in [-0.2, -0.15) is 0 Å². The fourth-order valence-electron chi connectivity index (χ4n) is 1.27. The molecule has 2 heterocycles. The number of rotatable bonds is 5. The minimum absolute atomic E-state index is 0.865. The molecule has 0 bridgehead atoms. The lowest BCUT2D eigenvalue weighted by atomic mass is 10.5. The molecule has 0 radical (unpaired) electrons. The number of hydrogen-bond acceptors (Lipinski definition) is 1. The normalized spacial score (nSPS) is 24.4. The average Bonchev–Trinajstić information content (AvgIpc) is 2.92. The fourth-order valence-corrected chi connectivity index (χ4v) is 3.80. The van der Waals surface area contributed by atoms with Crippen molar-refractivity contribution >= 4 is 7.59 Å². The molecular weight excluding hydrogens is 173 g/mol. The maximum Gasteiger partial charge on any atom is 0.284 e. The summed E-state index contributed by atoms with van der Waals surface area (Å²) in [5.74, 6) is 0. The van der Waals surface area contributed by atoms with Gasteiger partial charge in [0.2, 0.25) is 0 Å². The van der Waals surface area contributed by atoms with Crippen LogP contribution in [0.2, 0.25) is 0 Å². The SMILES string of the molecule is CCCNP(=O)(N1CC1)N1CC1. The predicted octanol–water partition coefficient (Wildman–Crippen LogP) is 0.725. The summed E-state index contributed by atoms with van der Waals surface area (Å²) in [6, 6.07) is 0. The van der Waals surface area contributed by atoms with Gasteiger partial charge >= 0.3 is 0 Å². The molecule has 2 fully saturated rings. The Balaban J connectivity index is 1.95. The van der Waals surface area contributed by atoms with Gasteiger partial charge in [-0.25, -0.2) is 14.4 Å². The summed E-state index contributed by atoms with van der Waals surface area (Å²) < 4.78 is 16.3. The Morgan fingerprint density at radius 2 is 1.75 bits per heavy atom. The van der Waals surface area contributed by atoms with Gasteiger partial charge in [0.1, 0.15) is 0 Å². The lowest BCUT2D eigenvalue weighted by molar-refractivity contribution is 0.502. The van der Waals surface area contributed by atoms with Gasteiger partial charge in [-0.05, 0) is 6.42 Å². The van der Waals surface area contributed by atoms with Crippen LogP contribution in [-0.4, -0.2) is 42.1 Å². The molecule has 0 aliphatic carbocycles. The summed E-state index contributed by atoms with van der Waals surface area (Å²) in [6.45, 7) is 6.98. The number of hydrogen-bond donors (Lipinski definition) is 1. The molecule has 4 nitrogen and oxygen atoms in total. The van der Waals surface area contributed by atoms with E-state index in [9.17, 15) is 4.57 Å². The van der Waals surface area contributed by atoms with Crippen LogP contribution in [0.5, 0.6) is 0 Å². The van der Waals surface area contributed by atoms with E-state index in [2.05, 4.69) is 21.4 Å². The smallest absolute Gasteiger partial charge is 0.270 e. The summed E-state index contributed by atoms with van der Waals surface area (Å²) in [6.07, 6.45) is 1.05. The van der Waals surface area contributed by atoms with Crippen molar-refractivity contribution in [2.24, 2.45) is 0 Å². The molecular formula is C7H16N3OP. The summed E-state index contributed by atoms with van der Waals surface area (Å²) in [5.41, 5.74) is 0. The standard InChI is InChI=1S/C7H16N3OP/c1-2-3-8-12(11,9-4-5-9)10-6-7-10/h2-7H2,1H3,(H,8,11). The third kappa shape index (κ3) is 1.57. The Morgan fingerprint density at radius 3 is 2.08 bits per heavy atom. The highest BCUT2D eigenvalue weighted by molar-refractivity contribution is 7.57. The second-order valence-corrected chi connectivity index (χ2v) is 5.90. The molecule has 0 atom stereocenters. The van der Waals surface area contributed by atoms with E-state index in [1.54, 1.807) is 0 Å². The Morgan fingerprint density at radius 1 is 1.25 bits per heavy atom. The number of nitrogens with one attached hydrogen (secondary N) is 1. The van der Waals surface area contributed by atoms with E-state index in [4.69, 9.17) is 0 Å². The van der Waals surface area contributed by atoms with Crippen molar-refractivity contribution in [2.75, 3.05) is 32.7 Å². The second-order valence-electron chi connectivity index (χ2n) is 3.36. The third-order valence-electron chi connectivity index (χ3n) is 2.18. The Hall–Kier alpha value is 0.110. The first kappa shape index (κ1) is 8.70. The van der Waals surface area contributed by atoms with Crippen LogP contribution < -0.4 is 5.09 Å². The monoisotopic (exact) mass is 189 g/mol. The van der Waals surface area contributed by atoms with Crippen LogP contribution in [0.3, 0.4) is 0 Å². The molecule has 0 aromatic rings. The van der Waals surface area contributed by atoms with E-state index in [0.29, 0.717) is 0 Å². The summed E-state index contributed by atoms with van der Waals surface area (Å²) in [5, 5.41) is 3.18. The van der Waals surface area contributed by atoms with Gasteiger partial charge < -0.3 is 0 Å². The van der Waals surface area contributed by atoms with E-state index in [0.717, 1.165) is 39.1 Å². The third-order valence-corrected chi connectivity index (χ3v) is 5.15. The molecule has 0 amide bonds. The maximum atomic E-state index is 12.2. The van der Waals surface area contributed by atoms with Crippen molar-refractivity contribution in [1.29, 1.82) is 0 Å². The molecule has 12 heavy (non-hydrogen) atoms. The van der Waals surface area contributed by atoms with Gasteiger partial charge in [-0.3, -0.25) is 4.57 Å². The topological polar surface area (TPSA) is 35.1 Å². The first-order chi connectivity index (χ1) is 5.77. The average molecular weight is 189 g/mol. The van der Waals surface area contributed by atoms with Crippen molar-refractivity contribution in [3.63, 3.8) is 0 Å². The zero-order valence-corrected chi connectivity index (χ0v) is 8.39. The van der Waals surface area contributed by atoms with E-state index in [1.165, 1.54) is 0 Å². The molecule has 0 spiro atoms. The van der Waals surface area contributed by atoms with Crippen LogP contribution >= 0.6 is 7.59 Å². The molecule has 0 aromatic carbocycles. The first-order valence-electron chi connectivity index (χ1n) is 4.63. The van der Waals surface area contributed by atoms with Crippen molar-refractivity contribution in [3.8, 4) is 0 Å². The maximum absolute atomic E-state index is 12.2. The van der Waals surface area contributed by atoms with Gasteiger partial charge in [0.15, 0.2) is 0 Å². The highest BCUT2D eigenvalue weighted by Gasteiger charge is 2.47. The quantitative estimate of drug-likeness (QED) is 0.510. The molecule has 1 N–H and O–H groups in total. The van der Waals surface area contributed by atoms with Gasteiger partial charge in [-0.1, -0.05) is 6.92 Å². The summed E-state index contributed by atoms with van der Waals surface area (Å²) in [7, 11) is -2.24. The van der Waals surface area contributed by atoms with Crippen molar-refractivity contribution in [3.05, 3.63) is 0 Å². The zero-order chi connectivity index (χ0) is 8.60. The van der Waals surface area contributed by atoms with Crippen LogP contribution in [-0.2, 0) is 4.57 Å². The Bertz CT molecular complexity index is 197. The predicted molar refractivity (Wildman–Crippen MR) is 49.0 cm³/mol. The molecule has 0 saturated carbocycles. The Kier molecular flexibility index (Phi) is 2.25. The molecule has 2 saturated heterocycles. The lowest BCUT2D eigenvalue weighted by Crippen LogP contribution is -2.21. The van der Waals surface area contributed by atoms with Gasteiger partial charge in [0.25, 0.3) is 7.59 Å². The molecule has 2 aliphatic heterocycles. The van der Waals surface area contributed by atoms with E-state index in [1.807, 2.05) is 0 Å². The van der Waals surface area contributed by atoms with Crippen LogP contribution in [0.4, 0.5) is 0 Å². The largest absolute Gasteiger partial charge is 0.284 e. The summed E-state index contributed by atoms with van der Waals surface area (Å²) in [4.78, 5) is 0. The van der Waals surface area contributed by atoms with E-state index in [-0.39, 0.29) is 0 Å². The van der Waals surface area contributed by atoms with E-state index >= 15 is 0 Å². The highest BCUT2D eigenvalue weighted by Crippen LogP contribution is 2.56. The van der Waals surface area contributed by atoms with Gasteiger partial charge in [0, 0.05) is 32.7 Å². The van der Waals surface area contributed by atoms with Crippen LogP contribution in [0.1, 0.15) is 13.3 Å². The van der Waals surface area contributed by atoms with Gasteiger partial charge in [-0.15, -0.1) is 0 Å². The molecule has 0 unspecified atom stereocenters. The summed E-state index contributed by atoms with van der Waals surface area (Å²) >= 11 is 0. The molecule has 0 aromatic heterocycles. The van der Waals surface area contributed by atoms with Gasteiger partial charge in [0.05, 0.1) is 0 Å². The molecule has 2 aliphatic rings. The van der Waals surface area contributed by atoms with Crippen molar-refractivity contribution in [2.45, 2.75) is 13.3 Å². The minimum Gasteiger partial charge on any atom is -0.270 e. The molecule has 5 heteroatoms. The lowest BCUT2D eigenvalue weighted by Gasteiger charge is -2.20. The van der Waals surface area contributed by atoms with Crippen LogP contribution in [0.15, 0.2) is 0 Å². The first-order valence-corrected chi connectivity index (χ1v) is 6.24. The minimum atomic E-state index is -2.24. The van der Waals surface area contributed by atoms with E-state index < -0.39 is 7.59 Å². The highest BCUT2D eigenvalue weighted by atomic mass is 31.2. The zero-order valence-electron chi connectivity index (χ0n) is 7.49. The molecule has 2 rings (SSSR count). The second kappa shape index (κ2) is 3.11. The Labute approximate surface area is 73.4 Å². The van der Waals surface area contributed by atoms with Crippen molar-refractivity contribution < 1.29 is 4.57 Å². The fraction of sp³-hybridized carbons (Fsp3) is 1.00. The number of nitrogens with zero attached hydrogens (tertiary/aromatic N) is 2. The molecule has 70 valence electrons. The van der Waals surface area contributed by atoms with Crippen molar-refractivity contribution in [1.82, 2.24) is 14.4 Å².